The van der Waals surface area contributed by atoms with Crippen molar-refractivity contribution in [2.45, 2.75) is 38.6 Å². The van der Waals surface area contributed by atoms with Gasteiger partial charge in [0.2, 0.25) is 0 Å². The van der Waals surface area contributed by atoms with Crippen molar-refractivity contribution in [1.29, 1.82) is 0 Å². The third-order valence-corrected chi connectivity index (χ3v) is 7.48. The van der Waals surface area contributed by atoms with Gasteiger partial charge in [0, 0.05) is 61.4 Å². The molecule has 1 aliphatic carbocycles. The van der Waals surface area contributed by atoms with E-state index in [0.717, 1.165) is 54.1 Å². The maximum absolute atomic E-state index is 13.3. The van der Waals surface area contributed by atoms with Gasteiger partial charge in [-0.15, -0.1) is 0 Å². The fourth-order valence-electron chi connectivity index (χ4n) is 5.31. The van der Waals surface area contributed by atoms with E-state index >= 15 is 0 Å². The van der Waals surface area contributed by atoms with E-state index in [0.29, 0.717) is 22.4 Å². The molecule has 2 aromatic heterocycles. The second kappa shape index (κ2) is 9.72. The molecule has 1 amide bonds. The van der Waals surface area contributed by atoms with E-state index in [2.05, 4.69) is 14.9 Å². The molecule has 1 aromatic carbocycles. The molecule has 0 radical (unpaired) electrons. The Morgan fingerprint density at radius 1 is 1.00 bits per heavy atom. The lowest BCUT2D eigenvalue weighted by Gasteiger charge is -2.38. The zero-order valence-corrected chi connectivity index (χ0v) is 20.3. The molecule has 0 atom stereocenters. The number of hydrogen-bond acceptors (Lipinski definition) is 5. The number of carbonyl (C=O) groups is 1. The lowest BCUT2D eigenvalue weighted by Crippen LogP contribution is -2.51. The number of amides is 1. The number of pyridine rings is 2. The van der Waals surface area contributed by atoms with Crippen molar-refractivity contribution in [1.82, 2.24) is 19.8 Å². The largest absolute Gasteiger partial charge is 0.384 e. The Kier molecular flexibility index (Phi) is 6.53. The van der Waals surface area contributed by atoms with Crippen LogP contribution in [-0.2, 0) is 0 Å². The molecule has 3 aromatic rings. The first kappa shape index (κ1) is 22.8. The van der Waals surface area contributed by atoms with Crippen LogP contribution >= 0.6 is 11.6 Å². The van der Waals surface area contributed by atoms with Crippen LogP contribution in [0, 0.1) is 6.92 Å². The minimum absolute atomic E-state index is 0.0106. The molecule has 0 bridgehead atoms. The van der Waals surface area contributed by atoms with Gasteiger partial charge in [-0.1, -0.05) is 30.5 Å². The van der Waals surface area contributed by atoms with Crippen LogP contribution in [0.25, 0.3) is 22.3 Å². The Bertz CT molecular complexity index is 1180. The second-order valence-electron chi connectivity index (χ2n) is 9.25. The smallest absolute Gasteiger partial charge is 0.255 e. The predicted molar refractivity (Wildman–Crippen MR) is 137 cm³/mol. The van der Waals surface area contributed by atoms with Crippen LogP contribution in [-0.4, -0.2) is 57.9 Å². The van der Waals surface area contributed by atoms with E-state index < -0.39 is 0 Å². The standard InChI is InChI=1S/C27H30ClN5O/c1-18-26(20-7-9-25(29)31-17-20)22(10-11-30-18)19-6-8-23(24(28)16-19)27(34)33-14-12-32(13-15-33)21-4-2-3-5-21/h6-11,16-17,21H,2-5,12-15H2,1H3,(H2,29,31). The second-order valence-corrected chi connectivity index (χ2v) is 9.66. The highest BCUT2D eigenvalue weighted by atomic mass is 35.5. The highest BCUT2D eigenvalue weighted by Gasteiger charge is 2.29. The van der Waals surface area contributed by atoms with Crippen LogP contribution in [0.1, 0.15) is 41.7 Å². The summed E-state index contributed by atoms with van der Waals surface area (Å²) in [7, 11) is 0. The molecular weight excluding hydrogens is 446 g/mol. The first-order valence-corrected chi connectivity index (χ1v) is 12.4. The molecule has 3 heterocycles. The zero-order chi connectivity index (χ0) is 23.7. The van der Waals surface area contributed by atoms with Gasteiger partial charge in [-0.2, -0.15) is 0 Å². The predicted octanol–water partition coefficient (Wildman–Crippen LogP) is 5.06. The number of anilines is 1. The number of carbonyl (C=O) groups excluding carboxylic acids is 1. The molecular formula is C27H30ClN5O. The fraction of sp³-hybridized carbons (Fsp3) is 0.370. The van der Waals surface area contributed by atoms with Crippen LogP contribution in [0.15, 0.2) is 48.8 Å². The Labute approximate surface area is 205 Å². The number of nitrogen functional groups attached to an aromatic ring is 1. The molecule has 7 heteroatoms. The lowest BCUT2D eigenvalue weighted by atomic mass is 9.94. The van der Waals surface area contributed by atoms with Gasteiger partial charge in [-0.3, -0.25) is 14.7 Å². The average Bonchev–Trinajstić information content (AvgIpc) is 3.39. The summed E-state index contributed by atoms with van der Waals surface area (Å²) in [6.45, 7) is 5.37. The molecule has 34 heavy (non-hydrogen) atoms. The Morgan fingerprint density at radius 2 is 1.74 bits per heavy atom. The SMILES string of the molecule is Cc1nccc(-c2ccc(C(=O)N3CCN(C4CCCC4)CC3)c(Cl)c2)c1-c1ccc(N)nc1. The van der Waals surface area contributed by atoms with Crippen molar-refractivity contribution in [3.05, 3.63) is 65.1 Å². The summed E-state index contributed by atoms with van der Waals surface area (Å²) in [6, 6.07) is 12.1. The van der Waals surface area contributed by atoms with Gasteiger partial charge >= 0.3 is 0 Å². The molecule has 176 valence electrons. The van der Waals surface area contributed by atoms with Gasteiger partial charge in [0.1, 0.15) is 5.82 Å². The summed E-state index contributed by atoms with van der Waals surface area (Å²) in [6.07, 6.45) is 8.80. The molecule has 5 rings (SSSR count). The maximum Gasteiger partial charge on any atom is 0.255 e. The summed E-state index contributed by atoms with van der Waals surface area (Å²) in [5.41, 5.74) is 11.1. The molecule has 2 fully saturated rings. The van der Waals surface area contributed by atoms with Crippen molar-refractivity contribution in [2.75, 3.05) is 31.9 Å². The van der Waals surface area contributed by atoms with Crippen molar-refractivity contribution in [2.24, 2.45) is 0 Å². The number of hydrogen-bond donors (Lipinski definition) is 1. The molecule has 1 aliphatic heterocycles. The van der Waals surface area contributed by atoms with Crippen LogP contribution in [0.4, 0.5) is 5.82 Å². The molecule has 2 aliphatic rings. The van der Waals surface area contributed by atoms with Crippen molar-refractivity contribution < 1.29 is 4.79 Å². The zero-order valence-electron chi connectivity index (χ0n) is 19.5. The number of piperazine rings is 1. The van der Waals surface area contributed by atoms with Crippen molar-refractivity contribution >= 4 is 23.3 Å². The topological polar surface area (TPSA) is 75.4 Å². The van der Waals surface area contributed by atoms with Crippen LogP contribution in [0.3, 0.4) is 0 Å². The van der Waals surface area contributed by atoms with Gasteiger partial charge in [0.25, 0.3) is 5.91 Å². The molecule has 0 spiro atoms. The monoisotopic (exact) mass is 475 g/mol. The highest BCUT2D eigenvalue weighted by molar-refractivity contribution is 6.34. The maximum atomic E-state index is 13.3. The fourth-order valence-corrected chi connectivity index (χ4v) is 5.57. The number of aryl methyl sites for hydroxylation is 1. The summed E-state index contributed by atoms with van der Waals surface area (Å²) in [5.74, 6) is 0.485. The average molecular weight is 476 g/mol. The molecule has 1 saturated carbocycles. The molecule has 1 saturated heterocycles. The Balaban J connectivity index is 1.37. The number of halogens is 1. The number of aromatic nitrogens is 2. The van der Waals surface area contributed by atoms with Gasteiger partial charge in [0.15, 0.2) is 0 Å². The lowest BCUT2D eigenvalue weighted by molar-refractivity contribution is 0.0573. The summed E-state index contributed by atoms with van der Waals surface area (Å²) >= 11 is 6.68. The van der Waals surface area contributed by atoms with E-state index in [4.69, 9.17) is 17.3 Å². The minimum atomic E-state index is 0.0106. The van der Waals surface area contributed by atoms with Gasteiger partial charge in [-0.25, -0.2) is 4.98 Å². The van der Waals surface area contributed by atoms with E-state index in [1.165, 1.54) is 25.7 Å². The van der Waals surface area contributed by atoms with E-state index in [-0.39, 0.29) is 5.91 Å². The number of benzene rings is 1. The number of nitrogens with zero attached hydrogens (tertiary/aromatic N) is 4. The highest BCUT2D eigenvalue weighted by Crippen LogP contribution is 2.36. The van der Waals surface area contributed by atoms with Crippen molar-refractivity contribution in [3.63, 3.8) is 0 Å². The van der Waals surface area contributed by atoms with Crippen LogP contribution < -0.4 is 5.73 Å². The Hall–Kier alpha value is -2.96. The van der Waals surface area contributed by atoms with Crippen LogP contribution in [0.5, 0.6) is 0 Å². The van der Waals surface area contributed by atoms with Gasteiger partial charge < -0.3 is 10.6 Å². The normalized spacial score (nSPS) is 17.3. The third kappa shape index (κ3) is 4.52. The van der Waals surface area contributed by atoms with E-state index in [1.54, 1.807) is 18.5 Å². The van der Waals surface area contributed by atoms with Gasteiger partial charge in [-0.05, 0) is 61.2 Å². The molecule has 2 N–H and O–H groups in total. The van der Waals surface area contributed by atoms with Crippen molar-refractivity contribution in [3.8, 4) is 22.3 Å². The number of rotatable bonds is 4. The Morgan fingerprint density at radius 3 is 2.41 bits per heavy atom. The van der Waals surface area contributed by atoms with Crippen LogP contribution in [0.2, 0.25) is 5.02 Å². The first-order chi connectivity index (χ1) is 16.5. The quantitative estimate of drug-likeness (QED) is 0.571. The first-order valence-electron chi connectivity index (χ1n) is 12.0. The summed E-state index contributed by atoms with van der Waals surface area (Å²) < 4.78 is 0. The summed E-state index contributed by atoms with van der Waals surface area (Å²) in [4.78, 5) is 26.5. The third-order valence-electron chi connectivity index (χ3n) is 7.17. The van der Waals surface area contributed by atoms with Gasteiger partial charge in [0.05, 0.1) is 10.6 Å². The van der Waals surface area contributed by atoms with E-state index in [9.17, 15) is 4.79 Å². The number of nitrogens with two attached hydrogens (primary N) is 1. The molecule has 6 nitrogen and oxygen atoms in total. The molecule has 0 unspecified atom stereocenters. The van der Waals surface area contributed by atoms with E-state index in [1.807, 2.05) is 42.2 Å². The minimum Gasteiger partial charge on any atom is -0.384 e. The summed E-state index contributed by atoms with van der Waals surface area (Å²) in [5, 5.41) is 0.469.